The highest BCUT2D eigenvalue weighted by Gasteiger charge is 2.40. The van der Waals surface area contributed by atoms with E-state index < -0.39 is 0 Å². The van der Waals surface area contributed by atoms with Gasteiger partial charge in [0, 0.05) is 42.6 Å². The number of likely N-dealkylation sites (tertiary alicyclic amines) is 2. The van der Waals surface area contributed by atoms with Crippen molar-refractivity contribution < 1.29 is 0 Å². The Balaban J connectivity index is 1.32. The zero-order chi connectivity index (χ0) is 16.5. The van der Waals surface area contributed by atoms with Gasteiger partial charge in [-0.05, 0) is 56.5 Å². The SMILES string of the molecule is CN=C(NC1CC1c1ccc(Br)cc1)N1CCC(N2CCCC2)C1. The van der Waals surface area contributed by atoms with Crippen molar-refractivity contribution in [3.8, 4) is 0 Å². The quantitative estimate of drug-likeness (QED) is 0.635. The molecule has 5 heteroatoms. The summed E-state index contributed by atoms with van der Waals surface area (Å²) in [5.41, 5.74) is 1.43. The van der Waals surface area contributed by atoms with Crippen molar-refractivity contribution in [2.75, 3.05) is 33.2 Å². The van der Waals surface area contributed by atoms with E-state index in [0.717, 1.165) is 29.6 Å². The number of benzene rings is 1. The minimum atomic E-state index is 0.538. The maximum Gasteiger partial charge on any atom is 0.193 e. The Kier molecular flexibility index (Phi) is 4.81. The van der Waals surface area contributed by atoms with Crippen LogP contribution in [0.1, 0.15) is 37.2 Å². The van der Waals surface area contributed by atoms with Crippen molar-refractivity contribution in [1.29, 1.82) is 0 Å². The molecular formula is C19H27BrN4. The molecule has 0 aromatic heterocycles. The van der Waals surface area contributed by atoms with Gasteiger partial charge in [-0.15, -0.1) is 0 Å². The molecule has 4 nitrogen and oxygen atoms in total. The van der Waals surface area contributed by atoms with Gasteiger partial charge < -0.3 is 10.2 Å². The second-order valence-corrected chi connectivity index (χ2v) is 8.24. The molecule has 1 N–H and O–H groups in total. The molecule has 24 heavy (non-hydrogen) atoms. The second-order valence-electron chi connectivity index (χ2n) is 7.32. The van der Waals surface area contributed by atoms with Crippen LogP contribution in [-0.4, -0.2) is 61.1 Å². The first-order valence-corrected chi connectivity index (χ1v) is 10.0. The summed E-state index contributed by atoms with van der Waals surface area (Å²) in [6.45, 7) is 4.85. The van der Waals surface area contributed by atoms with Crippen LogP contribution < -0.4 is 5.32 Å². The lowest BCUT2D eigenvalue weighted by Crippen LogP contribution is -2.43. The van der Waals surface area contributed by atoms with Gasteiger partial charge in [-0.3, -0.25) is 9.89 Å². The summed E-state index contributed by atoms with van der Waals surface area (Å²) in [6.07, 6.45) is 5.24. The number of guanidine groups is 1. The smallest absolute Gasteiger partial charge is 0.193 e. The van der Waals surface area contributed by atoms with Gasteiger partial charge in [-0.25, -0.2) is 0 Å². The van der Waals surface area contributed by atoms with E-state index in [0.29, 0.717) is 12.0 Å². The normalized spacial score (nSPS) is 30.8. The molecule has 0 bridgehead atoms. The molecule has 0 amide bonds. The van der Waals surface area contributed by atoms with Crippen molar-refractivity contribution in [2.45, 2.75) is 43.7 Å². The summed E-state index contributed by atoms with van der Waals surface area (Å²) < 4.78 is 1.15. The maximum atomic E-state index is 4.56. The summed E-state index contributed by atoms with van der Waals surface area (Å²) in [5.74, 6) is 1.73. The Morgan fingerprint density at radius 3 is 2.62 bits per heavy atom. The van der Waals surface area contributed by atoms with Gasteiger partial charge in [0.05, 0.1) is 0 Å². The van der Waals surface area contributed by atoms with Crippen molar-refractivity contribution in [3.63, 3.8) is 0 Å². The molecule has 3 fully saturated rings. The lowest BCUT2D eigenvalue weighted by atomic mass is 10.1. The molecule has 1 aromatic carbocycles. The highest BCUT2D eigenvalue weighted by Crippen LogP contribution is 2.41. The Labute approximate surface area is 153 Å². The number of hydrogen-bond acceptors (Lipinski definition) is 2. The lowest BCUT2D eigenvalue weighted by molar-refractivity contribution is 0.249. The van der Waals surface area contributed by atoms with Gasteiger partial charge in [0.25, 0.3) is 0 Å². The number of aliphatic imine (C=N–C) groups is 1. The minimum absolute atomic E-state index is 0.538. The molecule has 0 spiro atoms. The standard InChI is InChI=1S/C19H27BrN4/c1-21-19(24-11-8-16(13-24)23-9-2-3-10-23)22-18-12-17(18)14-4-6-15(20)7-5-14/h4-7,16-18H,2-3,8-13H2,1H3,(H,21,22). The van der Waals surface area contributed by atoms with E-state index in [-0.39, 0.29) is 0 Å². The Hall–Kier alpha value is -1.07. The molecule has 1 aliphatic carbocycles. The van der Waals surface area contributed by atoms with E-state index in [9.17, 15) is 0 Å². The largest absolute Gasteiger partial charge is 0.353 e. The van der Waals surface area contributed by atoms with Crippen LogP contribution in [0, 0.1) is 0 Å². The van der Waals surface area contributed by atoms with Gasteiger partial charge in [0.1, 0.15) is 0 Å². The molecule has 3 unspecified atom stereocenters. The van der Waals surface area contributed by atoms with Crippen LogP contribution in [-0.2, 0) is 0 Å². The average Bonchev–Trinajstić information content (AvgIpc) is 3.01. The summed E-state index contributed by atoms with van der Waals surface area (Å²) in [4.78, 5) is 9.69. The first kappa shape index (κ1) is 16.4. The molecule has 2 aliphatic heterocycles. The third kappa shape index (κ3) is 3.47. The minimum Gasteiger partial charge on any atom is -0.353 e. The molecule has 3 atom stereocenters. The van der Waals surface area contributed by atoms with Crippen LogP contribution in [0.3, 0.4) is 0 Å². The molecule has 2 heterocycles. The number of nitrogens with zero attached hydrogens (tertiary/aromatic N) is 3. The molecular weight excluding hydrogens is 364 g/mol. The second kappa shape index (κ2) is 7.04. The predicted octanol–water partition coefficient (Wildman–Crippen LogP) is 3.05. The van der Waals surface area contributed by atoms with E-state index in [4.69, 9.17) is 0 Å². The van der Waals surface area contributed by atoms with E-state index in [1.165, 1.54) is 44.3 Å². The molecule has 130 valence electrons. The number of nitrogens with one attached hydrogen (secondary N) is 1. The van der Waals surface area contributed by atoms with Crippen LogP contribution in [0.25, 0.3) is 0 Å². The van der Waals surface area contributed by atoms with Crippen molar-refractivity contribution in [1.82, 2.24) is 15.1 Å². The summed E-state index contributed by atoms with van der Waals surface area (Å²) in [7, 11) is 1.92. The highest BCUT2D eigenvalue weighted by atomic mass is 79.9. The van der Waals surface area contributed by atoms with Crippen LogP contribution >= 0.6 is 15.9 Å². The summed E-state index contributed by atoms with van der Waals surface area (Å²) in [5, 5.41) is 3.70. The topological polar surface area (TPSA) is 30.9 Å². The fraction of sp³-hybridized carbons (Fsp3) is 0.632. The molecule has 2 saturated heterocycles. The van der Waals surface area contributed by atoms with Gasteiger partial charge >= 0.3 is 0 Å². The first-order valence-electron chi connectivity index (χ1n) is 9.22. The molecule has 4 rings (SSSR count). The zero-order valence-electron chi connectivity index (χ0n) is 14.4. The maximum absolute atomic E-state index is 4.56. The van der Waals surface area contributed by atoms with Crippen molar-refractivity contribution >= 4 is 21.9 Å². The fourth-order valence-corrected chi connectivity index (χ4v) is 4.50. The molecule has 1 saturated carbocycles. The Bertz CT molecular complexity index is 594. The third-order valence-corrected chi connectivity index (χ3v) is 6.26. The molecule has 1 aromatic rings. The third-order valence-electron chi connectivity index (χ3n) is 5.73. The van der Waals surface area contributed by atoms with Crippen LogP contribution in [0.15, 0.2) is 33.7 Å². The average molecular weight is 391 g/mol. The first-order chi connectivity index (χ1) is 11.7. The van der Waals surface area contributed by atoms with E-state index in [2.05, 4.69) is 60.3 Å². The predicted molar refractivity (Wildman–Crippen MR) is 103 cm³/mol. The molecule has 0 radical (unpaired) electrons. The lowest BCUT2D eigenvalue weighted by Gasteiger charge is -2.25. The van der Waals surface area contributed by atoms with Crippen molar-refractivity contribution in [3.05, 3.63) is 34.3 Å². The number of rotatable bonds is 3. The highest BCUT2D eigenvalue weighted by molar-refractivity contribution is 9.10. The van der Waals surface area contributed by atoms with Crippen LogP contribution in [0.2, 0.25) is 0 Å². The van der Waals surface area contributed by atoms with Crippen LogP contribution in [0.5, 0.6) is 0 Å². The Morgan fingerprint density at radius 2 is 1.92 bits per heavy atom. The van der Waals surface area contributed by atoms with Crippen molar-refractivity contribution in [2.24, 2.45) is 4.99 Å². The van der Waals surface area contributed by atoms with Crippen LogP contribution in [0.4, 0.5) is 0 Å². The van der Waals surface area contributed by atoms with Gasteiger partial charge in [-0.1, -0.05) is 28.1 Å². The van der Waals surface area contributed by atoms with E-state index in [1.807, 2.05) is 7.05 Å². The molecule has 3 aliphatic rings. The van der Waals surface area contributed by atoms with Gasteiger partial charge in [0.15, 0.2) is 5.96 Å². The summed E-state index contributed by atoms with van der Waals surface area (Å²) in [6, 6.07) is 10.0. The van der Waals surface area contributed by atoms with E-state index >= 15 is 0 Å². The van der Waals surface area contributed by atoms with Gasteiger partial charge in [0.2, 0.25) is 0 Å². The number of halogens is 1. The number of hydrogen-bond donors (Lipinski definition) is 1. The van der Waals surface area contributed by atoms with Gasteiger partial charge in [-0.2, -0.15) is 0 Å². The monoisotopic (exact) mass is 390 g/mol. The van der Waals surface area contributed by atoms with E-state index in [1.54, 1.807) is 0 Å². The summed E-state index contributed by atoms with van der Waals surface area (Å²) >= 11 is 3.51. The Morgan fingerprint density at radius 1 is 1.17 bits per heavy atom. The zero-order valence-corrected chi connectivity index (χ0v) is 16.0. The fourth-order valence-electron chi connectivity index (χ4n) is 4.23.